The van der Waals surface area contributed by atoms with Crippen molar-refractivity contribution in [1.82, 2.24) is 15.5 Å². The largest absolute Gasteiger partial charge is 0.469 e. The van der Waals surface area contributed by atoms with Crippen LogP contribution >= 0.6 is 0 Å². The fourth-order valence-corrected chi connectivity index (χ4v) is 2.96. The molecule has 142 valence electrons. The predicted molar refractivity (Wildman–Crippen MR) is 101 cm³/mol. The van der Waals surface area contributed by atoms with Gasteiger partial charge in [0.15, 0.2) is 5.96 Å². The van der Waals surface area contributed by atoms with Crippen LogP contribution in [0.4, 0.5) is 0 Å². The monoisotopic (exact) mass is 360 g/mol. The molecule has 7 nitrogen and oxygen atoms in total. The average Bonchev–Trinajstić information content (AvgIpc) is 3.03. The molecule has 0 radical (unpaired) electrons. The third-order valence-corrected chi connectivity index (χ3v) is 4.44. The third-order valence-electron chi connectivity index (χ3n) is 4.44. The number of esters is 1. The number of carbonyl (C=O) groups excluding carboxylic acids is 2. The Bertz CT molecular complexity index is 618. The van der Waals surface area contributed by atoms with Crippen LogP contribution in [0.3, 0.4) is 0 Å². The molecule has 1 fully saturated rings. The first-order chi connectivity index (χ1) is 12.6. The first kappa shape index (κ1) is 19.8. The Kier molecular flexibility index (Phi) is 7.92. The van der Waals surface area contributed by atoms with Crippen molar-refractivity contribution in [2.45, 2.75) is 19.3 Å². The number of aliphatic imine (C=N–C) groups is 1. The van der Waals surface area contributed by atoms with Gasteiger partial charge in [-0.25, -0.2) is 0 Å². The standard InChI is InChI=1S/C19H28N4O3/c1-20-19(21-10-8-18(25)26-2)22-13-16-12-17(24)23(14-16)11-9-15-6-4-3-5-7-15/h3-7,16H,8-14H2,1-2H3,(H2,20,21,22). The van der Waals surface area contributed by atoms with Crippen LogP contribution in [0.15, 0.2) is 35.3 Å². The van der Waals surface area contributed by atoms with Gasteiger partial charge in [0.25, 0.3) is 0 Å². The SMILES string of the molecule is CN=C(NCCC(=O)OC)NCC1CC(=O)N(CCc2ccccc2)C1. The van der Waals surface area contributed by atoms with E-state index in [1.165, 1.54) is 12.7 Å². The van der Waals surface area contributed by atoms with E-state index < -0.39 is 0 Å². The Morgan fingerprint density at radius 2 is 2.08 bits per heavy atom. The summed E-state index contributed by atoms with van der Waals surface area (Å²) in [4.78, 5) is 29.4. The van der Waals surface area contributed by atoms with Crippen LogP contribution in [0.1, 0.15) is 18.4 Å². The minimum atomic E-state index is -0.261. The second-order valence-corrected chi connectivity index (χ2v) is 6.35. The van der Waals surface area contributed by atoms with E-state index in [0.717, 1.165) is 19.5 Å². The van der Waals surface area contributed by atoms with Gasteiger partial charge >= 0.3 is 5.97 Å². The van der Waals surface area contributed by atoms with Gasteiger partial charge in [-0.1, -0.05) is 30.3 Å². The van der Waals surface area contributed by atoms with Gasteiger partial charge in [-0.05, 0) is 12.0 Å². The molecule has 1 aliphatic heterocycles. The Morgan fingerprint density at radius 3 is 2.77 bits per heavy atom. The molecule has 0 spiro atoms. The van der Waals surface area contributed by atoms with Gasteiger partial charge in [-0.3, -0.25) is 14.6 Å². The summed E-state index contributed by atoms with van der Waals surface area (Å²) in [6, 6.07) is 10.2. The first-order valence-corrected chi connectivity index (χ1v) is 8.95. The highest BCUT2D eigenvalue weighted by molar-refractivity contribution is 5.81. The lowest BCUT2D eigenvalue weighted by Gasteiger charge is -2.18. The van der Waals surface area contributed by atoms with Crippen molar-refractivity contribution in [3.8, 4) is 0 Å². The Morgan fingerprint density at radius 1 is 1.31 bits per heavy atom. The summed E-state index contributed by atoms with van der Waals surface area (Å²) >= 11 is 0. The van der Waals surface area contributed by atoms with Crippen molar-refractivity contribution >= 4 is 17.8 Å². The lowest BCUT2D eigenvalue weighted by Crippen LogP contribution is -2.41. The number of carbonyl (C=O) groups is 2. The third kappa shape index (κ3) is 6.38. The van der Waals surface area contributed by atoms with Gasteiger partial charge in [0.2, 0.25) is 5.91 Å². The number of guanidine groups is 1. The second kappa shape index (κ2) is 10.4. The highest BCUT2D eigenvalue weighted by Crippen LogP contribution is 2.17. The van der Waals surface area contributed by atoms with Crippen LogP contribution in [0.25, 0.3) is 0 Å². The summed E-state index contributed by atoms with van der Waals surface area (Å²) in [5, 5.41) is 6.29. The normalized spacial score (nSPS) is 17.3. The van der Waals surface area contributed by atoms with E-state index in [1.54, 1.807) is 7.05 Å². The average molecular weight is 360 g/mol. The number of nitrogens with zero attached hydrogens (tertiary/aromatic N) is 2. The van der Waals surface area contributed by atoms with Gasteiger partial charge in [0, 0.05) is 45.6 Å². The minimum Gasteiger partial charge on any atom is -0.469 e. The van der Waals surface area contributed by atoms with Crippen molar-refractivity contribution < 1.29 is 14.3 Å². The fraction of sp³-hybridized carbons (Fsp3) is 0.526. The van der Waals surface area contributed by atoms with Crippen molar-refractivity contribution in [3.63, 3.8) is 0 Å². The zero-order chi connectivity index (χ0) is 18.8. The number of rotatable bonds is 8. The zero-order valence-corrected chi connectivity index (χ0v) is 15.5. The van der Waals surface area contributed by atoms with Crippen LogP contribution in [-0.4, -0.2) is 63.1 Å². The number of ether oxygens (including phenoxy) is 1. The summed E-state index contributed by atoms with van der Waals surface area (Å²) in [5.74, 6) is 0.839. The van der Waals surface area contributed by atoms with Gasteiger partial charge in [0.1, 0.15) is 0 Å². The molecule has 0 aromatic heterocycles. The zero-order valence-electron chi connectivity index (χ0n) is 15.5. The van der Waals surface area contributed by atoms with Gasteiger partial charge in [-0.2, -0.15) is 0 Å². The predicted octanol–water partition coefficient (Wildman–Crippen LogP) is 0.806. The molecule has 0 aliphatic carbocycles. The topological polar surface area (TPSA) is 83.0 Å². The smallest absolute Gasteiger partial charge is 0.307 e. The van der Waals surface area contributed by atoms with Crippen molar-refractivity contribution in [3.05, 3.63) is 35.9 Å². The Hall–Kier alpha value is -2.57. The molecule has 1 heterocycles. The van der Waals surface area contributed by atoms with E-state index in [0.29, 0.717) is 25.5 Å². The quantitative estimate of drug-likeness (QED) is 0.407. The lowest BCUT2D eigenvalue weighted by molar-refractivity contribution is -0.140. The number of hydrogen-bond acceptors (Lipinski definition) is 4. The molecule has 2 rings (SSSR count). The molecule has 1 aliphatic rings. The number of likely N-dealkylation sites (tertiary alicyclic amines) is 1. The molecule has 1 aromatic rings. The first-order valence-electron chi connectivity index (χ1n) is 8.95. The highest BCUT2D eigenvalue weighted by Gasteiger charge is 2.29. The van der Waals surface area contributed by atoms with E-state index >= 15 is 0 Å². The summed E-state index contributed by atoms with van der Waals surface area (Å²) in [7, 11) is 3.05. The van der Waals surface area contributed by atoms with E-state index in [2.05, 4.69) is 32.5 Å². The summed E-state index contributed by atoms with van der Waals surface area (Å²) in [6.07, 6.45) is 1.72. The molecule has 26 heavy (non-hydrogen) atoms. The van der Waals surface area contributed by atoms with Crippen molar-refractivity contribution in [2.75, 3.05) is 40.3 Å². The molecule has 7 heteroatoms. The molecule has 0 bridgehead atoms. The summed E-state index contributed by atoms with van der Waals surface area (Å²) < 4.78 is 4.60. The molecule has 1 unspecified atom stereocenters. The molecule has 1 atom stereocenters. The van der Waals surface area contributed by atoms with Crippen LogP contribution < -0.4 is 10.6 Å². The van der Waals surface area contributed by atoms with E-state index in [4.69, 9.17) is 0 Å². The Labute approximate surface area is 154 Å². The summed E-state index contributed by atoms with van der Waals surface area (Å²) in [5.41, 5.74) is 1.25. The van der Waals surface area contributed by atoms with Crippen LogP contribution in [0.2, 0.25) is 0 Å². The lowest BCUT2D eigenvalue weighted by atomic mass is 10.1. The van der Waals surface area contributed by atoms with E-state index in [1.807, 2.05) is 23.1 Å². The number of benzene rings is 1. The maximum atomic E-state index is 12.2. The summed E-state index contributed by atoms with van der Waals surface area (Å²) in [6.45, 7) is 2.65. The molecular weight excluding hydrogens is 332 g/mol. The Balaban J connectivity index is 1.69. The van der Waals surface area contributed by atoms with Gasteiger partial charge < -0.3 is 20.3 Å². The van der Waals surface area contributed by atoms with Crippen molar-refractivity contribution in [1.29, 1.82) is 0 Å². The minimum absolute atomic E-state index is 0.210. The van der Waals surface area contributed by atoms with E-state index in [9.17, 15) is 9.59 Å². The van der Waals surface area contributed by atoms with Crippen LogP contribution in [-0.2, 0) is 20.7 Å². The van der Waals surface area contributed by atoms with Gasteiger partial charge in [-0.15, -0.1) is 0 Å². The number of hydrogen-bond donors (Lipinski definition) is 2. The number of methoxy groups -OCH3 is 1. The van der Waals surface area contributed by atoms with Crippen LogP contribution in [0, 0.1) is 5.92 Å². The maximum absolute atomic E-state index is 12.2. The fourth-order valence-electron chi connectivity index (χ4n) is 2.96. The molecule has 1 saturated heterocycles. The molecule has 2 N–H and O–H groups in total. The number of amides is 1. The molecule has 1 aromatic carbocycles. The second-order valence-electron chi connectivity index (χ2n) is 6.35. The van der Waals surface area contributed by atoms with Gasteiger partial charge in [0.05, 0.1) is 13.5 Å². The molecule has 1 amide bonds. The highest BCUT2D eigenvalue weighted by atomic mass is 16.5. The van der Waals surface area contributed by atoms with Crippen molar-refractivity contribution in [2.24, 2.45) is 10.9 Å². The maximum Gasteiger partial charge on any atom is 0.307 e. The molecular formula is C19H28N4O3. The molecule has 0 saturated carbocycles. The number of nitrogens with one attached hydrogen (secondary N) is 2. The van der Waals surface area contributed by atoms with Crippen LogP contribution in [0.5, 0.6) is 0 Å². The van der Waals surface area contributed by atoms with E-state index in [-0.39, 0.29) is 24.2 Å².